The molecule has 0 spiro atoms. The molecule has 152 valence electrons. The number of allylic oxidation sites excluding steroid dienone is 3. The van der Waals surface area contributed by atoms with Crippen LogP contribution in [0.25, 0.3) is 10.2 Å². The largest absolute Gasteiger partial charge is 0.494 e. The summed E-state index contributed by atoms with van der Waals surface area (Å²) in [4.78, 5) is 29.5. The van der Waals surface area contributed by atoms with Crippen molar-refractivity contribution in [3.8, 4) is 5.75 Å². The number of hydrogen-bond donors (Lipinski definition) is 1. The highest BCUT2D eigenvalue weighted by Crippen LogP contribution is 2.42. The number of carbonyl (C=O) groups excluding carboxylic acids is 1. The second-order valence-electron chi connectivity index (χ2n) is 7.64. The van der Waals surface area contributed by atoms with Crippen molar-refractivity contribution in [1.29, 1.82) is 0 Å². The monoisotopic (exact) mass is 412 g/mol. The first-order chi connectivity index (χ1) is 14.0. The van der Waals surface area contributed by atoms with E-state index >= 15 is 0 Å². The summed E-state index contributed by atoms with van der Waals surface area (Å²) >= 11 is 1.65. The minimum absolute atomic E-state index is 0.183. The number of nitrogens with zero attached hydrogens (tertiary/aromatic N) is 2. The fourth-order valence-corrected chi connectivity index (χ4v) is 5.36. The fourth-order valence-electron chi connectivity index (χ4n) is 4.21. The first kappa shape index (κ1) is 19.6. The van der Waals surface area contributed by atoms with E-state index in [9.17, 15) is 14.7 Å². The Labute approximate surface area is 173 Å². The number of thiazole rings is 1. The normalized spacial score (nSPS) is 24.4. The van der Waals surface area contributed by atoms with Gasteiger partial charge >= 0.3 is 5.97 Å². The van der Waals surface area contributed by atoms with Crippen LogP contribution in [0.5, 0.6) is 5.75 Å². The van der Waals surface area contributed by atoms with Gasteiger partial charge in [-0.2, -0.15) is 0 Å². The topological polar surface area (TPSA) is 79.7 Å². The summed E-state index contributed by atoms with van der Waals surface area (Å²) in [5.41, 5.74) is 2.43. The highest BCUT2D eigenvalue weighted by molar-refractivity contribution is 7.18. The molecule has 1 unspecified atom stereocenters. The smallest absolute Gasteiger partial charge is 0.330 e. The van der Waals surface area contributed by atoms with Gasteiger partial charge in [0.05, 0.1) is 28.0 Å². The molecule has 1 fully saturated rings. The van der Waals surface area contributed by atoms with Gasteiger partial charge in [-0.3, -0.25) is 0 Å². The van der Waals surface area contributed by atoms with E-state index in [1.165, 1.54) is 0 Å². The molecule has 2 aliphatic rings. The highest BCUT2D eigenvalue weighted by Gasteiger charge is 2.30. The second kappa shape index (κ2) is 7.99. The van der Waals surface area contributed by atoms with Crippen molar-refractivity contribution in [3.05, 3.63) is 41.1 Å². The van der Waals surface area contributed by atoms with Crippen LogP contribution >= 0.6 is 11.3 Å². The lowest BCUT2D eigenvalue weighted by atomic mass is 9.83. The molecule has 1 aromatic carbocycles. The number of rotatable bonds is 5. The molecule has 2 heterocycles. The van der Waals surface area contributed by atoms with E-state index in [0.717, 1.165) is 58.6 Å². The number of aromatic nitrogens is 1. The Kier molecular flexibility index (Phi) is 5.41. The zero-order valence-electron chi connectivity index (χ0n) is 16.5. The molecule has 7 heteroatoms. The number of benzene rings is 1. The van der Waals surface area contributed by atoms with Gasteiger partial charge in [0.1, 0.15) is 18.1 Å². The highest BCUT2D eigenvalue weighted by atomic mass is 32.1. The van der Waals surface area contributed by atoms with E-state index < -0.39 is 12.0 Å². The third-order valence-corrected chi connectivity index (χ3v) is 7.00. The summed E-state index contributed by atoms with van der Waals surface area (Å²) < 4.78 is 6.62. The third-order valence-electron chi connectivity index (χ3n) is 5.82. The van der Waals surface area contributed by atoms with Crippen LogP contribution in [0.1, 0.15) is 43.5 Å². The van der Waals surface area contributed by atoms with Gasteiger partial charge in [-0.15, -0.1) is 11.3 Å². The van der Waals surface area contributed by atoms with Crippen LogP contribution in [0.3, 0.4) is 0 Å². The number of carboxylic acids is 1. The van der Waals surface area contributed by atoms with Crippen LogP contribution in [0.4, 0.5) is 5.69 Å². The third kappa shape index (κ3) is 3.67. The average Bonchev–Trinajstić information content (AvgIpc) is 3.15. The zero-order chi connectivity index (χ0) is 20.5. The van der Waals surface area contributed by atoms with Gasteiger partial charge < -0.3 is 19.5 Å². The number of methoxy groups -OCH3 is 1. The van der Waals surface area contributed by atoms with Crippen LogP contribution in [0.2, 0.25) is 0 Å². The average molecular weight is 413 g/mol. The molecule has 1 aliphatic carbocycles. The summed E-state index contributed by atoms with van der Waals surface area (Å²) in [7, 11) is 1.59. The summed E-state index contributed by atoms with van der Waals surface area (Å²) in [5, 5.41) is 10.8. The van der Waals surface area contributed by atoms with Crippen molar-refractivity contribution in [2.45, 2.75) is 44.6 Å². The van der Waals surface area contributed by atoms with Crippen LogP contribution in [0, 0.1) is 5.92 Å². The van der Waals surface area contributed by atoms with Crippen LogP contribution in [-0.2, 0) is 9.59 Å². The Hall–Kier alpha value is -2.67. The van der Waals surface area contributed by atoms with Gasteiger partial charge in [0.2, 0.25) is 0 Å². The number of carbonyl (C=O) groups is 2. The van der Waals surface area contributed by atoms with Gasteiger partial charge in [-0.25, -0.2) is 9.78 Å². The first-order valence-electron chi connectivity index (χ1n) is 9.82. The number of fused-ring (bicyclic) bond motifs is 1. The van der Waals surface area contributed by atoms with E-state index in [0.29, 0.717) is 11.7 Å². The van der Waals surface area contributed by atoms with Crippen molar-refractivity contribution in [3.63, 3.8) is 0 Å². The fraction of sp³-hybridized carbons (Fsp3) is 0.409. The minimum atomic E-state index is -0.909. The molecule has 6 nitrogen and oxygen atoms in total. The lowest BCUT2D eigenvalue weighted by molar-refractivity contribution is -0.137. The summed E-state index contributed by atoms with van der Waals surface area (Å²) in [6, 6.07) is 3.10. The van der Waals surface area contributed by atoms with E-state index in [2.05, 4.69) is 0 Å². The Morgan fingerprint density at radius 2 is 2.07 bits per heavy atom. The predicted octanol–water partition coefficient (Wildman–Crippen LogP) is 4.51. The lowest BCUT2D eigenvalue weighted by Gasteiger charge is -2.32. The maximum Gasteiger partial charge on any atom is 0.330 e. The van der Waals surface area contributed by atoms with Crippen molar-refractivity contribution in [2.24, 2.45) is 5.92 Å². The molecular weight excluding hydrogens is 388 g/mol. The SMILES string of the molecule is COc1cc2nc(C3CCC(C=O)CC3)sc2cc1N1C(C)=CC=CC1C(=O)O. The van der Waals surface area contributed by atoms with E-state index in [1.807, 2.05) is 25.1 Å². The molecule has 0 amide bonds. The first-order valence-corrected chi connectivity index (χ1v) is 10.6. The van der Waals surface area contributed by atoms with Crippen LogP contribution in [-0.4, -0.2) is 35.5 Å². The maximum absolute atomic E-state index is 11.8. The molecule has 29 heavy (non-hydrogen) atoms. The maximum atomic E-state index is 11.8. The Morgan fingerprint density at radius 3 is 2.72 bits per heavy atom. The summed E-state index contributed by atoms with van der Waals surface area (Å²) in [6.07, 6.45) is 10.2. The molecule has 1 aliphatic heterocycles. The van der Waals surface area contributed by atoms with E-state index in [-0.39, 0.29) is 5.92 Å². The van der Waals surface area contributed by atoms with Crippen LogP contribution in [0.15, 0.2) is 36.1 Å². The number of anilines is 1. The van der Waals surface area contributed by atoms with Gasteiger partial charge in [-0.1, -0.05) is 12.2 Å². The van der Waals surface area contributed by atoms with Crippen molar-refractivity contribution in [1.82, 2.24) is 4.98 Å². The van der Waals surface area contributed by atoms with Crippen LogP contribution < -0.4 is 9.64 Å². The Balaban J connectivity index is 1.72. The van der Waals surface area contributed by atoms with Gasteiger partial charge in [0, 0.05) is 23.6 Å². The van der Waals surface area contributed by atoms with Crippen molar-refractivity contribution < 1.29 is 19.4 Å². The molecule has 1 atom stereocenters. The molecule has 0 radical (unpaired) electrons. The van der Waals surface area contributed by atoms with E-state index in [1.54, 1.807) is 35.5 Å². The number of aliphatic carboxylic acids is 1. The van der Waals surface area contributed by atoms with Gasteiger partial charge in [0.15, 0.2) is 0 Å². The van der Waals surface area contributed by atoms with Crippen molar-refractivity contribution >= 4 is 39.5 Å². The molecule has 0 saturated heterocycles. The van der Waals surface area contributed by atoms with E-state index in [4.69, 9.17) is 9.72 Å². The summed E-state index contributed by atoms with van der Waals surface area (Å²) in [6.45, 7) is 1.90. The molecular formula is C22H24N2O4S. The van der Waals surface area contributed by atoms with Gasteiger partial charge in [0.25, 0.3) is 0 Å². The number of carboxylic acid groups (broad SMARTS) is 1. The summed E-state index contributed by atoms with van der Waals surface area (Å²) in [5.74, 6) is 0.257. The van der Waals surface area contributed by atoms with Crippen molar-refractivity contribution in [2.75, 3.05) is 12.0 Å². The molecule has 2 aromatic rings. The zero-order valence-corrected chi connectivity index (χ0v) is 17.3. The predicted molar refractivity (Wildman–Crippen MR) is 114 cm³/mol. The molecule has 1 aromatic heterocycles. The van der Waals surface area contributed by atoms with Gasteiger partial charge in [-0.05, 0) is 44.7 Å². The molecule has 4 rings (SSSR count). The number of aldehydes is 1. The Bertz CT molecular complexity index is 1000. The molecule has 1 N–H and O–H groups in total. The number of ether oxygens (including phenoxy) is 1. The number of hydrogen-bond acceptors (Lipinski definition) is 6. The Morgan fingerprint density at radius 1 is 1.31 bits per heavy atom. The second-order valence-corrected chi connectivity index (χ2v) is 8.70. The minimum Gasteiger partial charge on any atom is -0.494 e. The molecule has 0 bridgehead atoms. The standard InChI is InChI=1S/C22H24N2O4S/c1-13-4-3-5-17(22(26)27)24(13)18-11-20-16(10-19(18)28-2)23-21(29-20)15-8-6-14(12-25)7-9-15/h3-5,10-12,14-15,17H,6-9H2,1-2H3,(H,26,27). The quantitative estimate of drug-likeness (QED) is 0.728. The lowest BCUT2D eigenvalue weighted by Crippen LogP contribution is -2.40. The molecule has 1 saturated carbocycles.